The van der Waals surface area contributed by atoms with Gasteiger partial charge in [-0.15, -0.1) is 0 Å². The highest BCUT2D eigenvalue weighted by Gasteiger charge is 2.60. The SMILES string of the molecule is CCC1(C2CC(=O)N(c3ccccc3C)C2=O)C(=O)N(c2ccccc2)N=C1C. The van der Waals surface area contributed by atoms with Gasteiger partial charge in [-0.3, -0.25) is 14.4 Å². The standard InChI is InChI=1S/C23H23N3O3/c1-4-23(16(3)24-26(22(23)29)17-11-6-5-7-12-17)18-14-20(27)25(21(18)28)19-13-9-8-10-15(19)2/h5-13,18H,4,14H2,1-3H3. The van der Waals surface area contributed by atoms with Crippen LogP contribution in [0.1, 0.15) is 32.3 Å². The maximum Gasteiger partial charge on any atom is 0.260 e. The van der Waals surface area contributed by atoms with Gasteiger partial charge < -0.3 is 0 Å². The molecule has 0 aromatic heterocycles. The molecule has 6 nitrogen and oxygen atoms in total. The van der Waals surface area contributed by atoms with E-state index in [9.17, 15) is 14.4 Å². The van der Waals surface area contributed by atoms with Crippen molar-refractivity contribution in [1.29, 1.82) is 0 Å². The van der Waals surface area contributed by atoms with E-state index in [1.54, 1.807) is 19.1 Å². The van der Waals surface area contributed by atoms with Crippen LogP contribution in [-0.4, -0.2) is 23.4 Å². The summed E-state index contributed by atoms with van der Waals surface area (Å²) in [4.78, 5) is 41.1. The van der Waals surface area contributed by atoms with Gasteiger partial charge in [0.25, 0.3) is 5.91 Å². The lowest BCUT2D eigenvalue weighted by Gasteiger charge is -2.31. The fourth-order valence-corrected chi connectivity index (χ4v) is 4.51. The average molecular weight is 389 g/mol. The van der Waals surface area contributed by atoms with Crippen molar-refractivity contribution >= 4 is 34.8 Å². The van der Waals surface area contributed by atoms with Crippen molar-refractivity contribution in [2.24, 2.45) is 16.4 Å². The zero-order chi connectivity index (χ0) is 20.8. The Hall–Kier alpha value is -3.28. The maximum absolute atomic E-state index is 13.5. The summed E-state index contributed by atoms with van der Waals surface area (Å²) in [6.45, 7) is 5.52. The molecule has 3 amide bonds. The van der Waals surface area contributed by atoms with E-state index in [1.165, 1.54) is 9.91 Å². The molecule has 148 valence electrons. The third-order valence-corrected chi connectivity index (χ3v) is 6.13. The second kappa shape index (κ2) is 6.95. The average Bonchev–Trinajstić information content (AvgIpc) is 3.16. The Kier molecular flexibility index (Phi) is 4.57. The van der Waals surface area contributed by atoms with E-state index >= 15 is 0 Å². The van der Waals surface area contributed by atoms with Crippen LogP contribution < -0.4 is 9.91 Å². The molecule has 29 heavy (non-hydrogen) atoms. The predicted octanol–water partition coefficient (Wildman–Crippen LogP) is 3.69. The summed E-state index contributed by atoms with van der Waals surface area (Å²) in [5, 5.41) is 5.87. The van der Waals surface area contributed by atoms with Gasteiger partial charge in [0.05, 0.1) is 23.0 Å². The Morgan fingerprint density at radius 2 is 1.66 bits per heavy atom. The molecule has 2 aliphatic heterocycles. The van der Waals surface area contributed by atoms with Gasteiger partial charge in [0, 0.05) is 6.42 Å². The summed E-state index contributed by atoms with van der Waals surface area (Å²) < 4.78 is 0. The molecule has 0 spiro atoms. The number of hydrogen-bond acceptors (Lipinski definition) is 4. The van der Waals surface area contributed by atoms with Crippen molar-refractivity contribution in [3.05, 3.63) is 60.2 Å². The molecule has 2 aliphatic rings. The lowest BCUT2D eigenvalue weighted by Crippen LogP contribution is -2.48. The molecule has 0 saturated carbocycles. The molecule has 2 unspecified atom stereocenters. The summed E-state index contributed by atoms with van der Waals surface area (Å²) >= 11 is 0. The summed E-state index contributed by atoms with van der Waals surface area (Å²) in [5.41, 5.74) is 1.54. The molecule has 2 atom stereocenters. The van der Waals surface area contributed by atoms with Crippen molar-refractivity contribution in [2.45, 2.75) is 33.6 Å². The third-order valence-electron chi connectivity index (χ3n) is 6.13. The highest BCUT2D eigenvalue weighted by atomic mass is 16.2. The van der Waals surface area contributed by atoms with Crippen molar-refractivity contribution in [2.75, 3.05) is 9.91 Å². The van der Waals surface area contributed by atoms with Gasteiger partial charge in [-0.1, -0.05) is 43.3 Å². The lowest BCUT2D eigenvalue weighted by atomic mass is 9.69. The smallest absolute Gasteiger partial charge is 0.260 e. The highest BCUT2D eigenvalue weighted by Crippen LogP contribution is 2.47. The molecule has 0 radical (unpaired) electrons. The van der Waals surface area contributed by atoms with E-state index in [-0.39, 0.29) is 24.1 Å². The van der Waals surface area contributed by atoms with Gasteiger partial charge in [-0.25, -0.2) is 4.90 Å². The van der Waals surface area contributed by atoms with Crippen LogP contribution in [0, 0.1) is 18.3 Å². The number of aryl methyl sites for hydroxylation is 1. The molecule has 2 heterocycles. The summed E-state index contributed by atoms with van der Waals surface area (Å²) in [5.74, 6) is -1.61. The second-order valence-corrected chi connectivity index (χ2v) is 7.57. The first-order chi connectivity index (χ1) is 13.9. The van der Waals surface area contributed by atoms with Crippen molar-refractivity contribution in [3.63, 3.8) is 0 Å². The molecular formula is C23H23N3O3. The van der Waals surface area contributed by atoms with E-state index < -0.39 is 11.3 Å². The number of anilines is 2. The second-order valence-electron chi connectivity index (χ2n) is 7.57. The Bertz CT molecular complexity index is 1030. The quantitative estimate of drug-likeness (QED) is 0.749. The molecule has 4 rings (SSSR count). The molecule has 0 N–H and O–H groups in total. The number of nitrogens with zero attached hydrogens (tertiary/aromatic N) is 3. The number of hydrogen-bond donors (Lipinski definition) is 0. The van der Waals surface area contributed by atoms with Gasteiger partial charge in [0.2, 0.25) is 11.8 Å². The number of hydrazone groups is 1. The molecule has 2 aromatic rings. The van der Waals surface area contributed by atoms with Crippen LogP contribution in [0.5, 0.6) is 0 Å². The van der Waals surface area contributed by atoms with Crippen LogP contribution >= 0.6 is 0 Å². The van der Waals surface area contributed by atoms with Gasteiger partial charge in [0.1, 0.15) is 5.41 Å². The van der Waals surface area contributed by atoms with Gasteiger partial charge in [-0.05, 0) is 44.0 Å². The van der Waals surface area contributed by atoms with Crippen molar-refractivity contribution < 1.29 is 14.4 Å². The van der Waals surface area contributed by atoms with Crippen molar-refractivity contribution in [3.8, 4) is 0 Å². The van der Waals surface area contributed by atoms with E-state index in [0.717, 1.165) is 5.56 Å². The maximum atomic E-state index is 13.5. The number of rotatable bonds is 4. The molecule has 0 aliphatic carbocycles. The molecule has 1 saturated heterocycles. The van der Waals surface area contributed by atoms with Crippen LogP contribution in [-0.2, 0) is 14.4 Å². The molecule has 2 aromatic carbocycles. The fraction of sp³-hybridized carbons (Fsp3) is 0.304. The van der Waals surface area contributed by atoms with E-state index in [1.807, 2.05) is 56.3 Å². The molecule has 0 bridgehead atoms. The summed E-state index contributed by atoms with van der Waals surface area (Å²) in [6, 6.07) is 16.5. The number of para-hydroxylation sites is 2. The largest absolute Gasteiger partial charge is 0.274 e. The minimum Gasteiger partial charge on any atom is -0.274 e. The number of carbonyl (C=O) groups excluding carboxylic acids is 3. The third kappa shape index (κ3) is 2.70. The van der Waals surface area contributed by atoms with Crippen molar-refractivity contribution in [1.82, 2.24) is 0 Å². The van der Waals surface area contributed by atoms with E-state index in [0.29, 0.717) is 23.5 Å². The first-order valence-electron chi connectivity index (χ1n) is 9.79. The zero-order valence-electron chi connectivity index (χ0n) is 16.8. The Morgan fingerprint density at radius 3 is 2.31 bits per heavy atom. The summed E-state index contributed by atoms with van der Waals surface area (Å²) in [6.07, 6.45) is 0.401. The van der Waals surface area contributed by atoms with Crippen LogP contribution in [0.15, 0.2) is 59.7 Å². The fourth-order valence-electron chi connectivity index (χ4n) is 4.51. The minimum absolute atomic E-state index is 0.00222. The number of carbonyl (C=O) groups is 3. The Balaban J connectivity index is 1.74. The first-order valence-corrected chi connectivity index (χ1v) is 9.79. The zero-order valence-corrected chi connectivity index (χ0v) is 16.8. The van der Waals surface area contributed by atoms with Gasteiger partial charge in [0.15, 0.2) is 0 Å². The van der Waals surface area contributed by atoms with Gasteiger partial charge in [-0.2, -0.15) is 10.1 Å². The van der Waals surface area contributed by atoms with Crippen LogP contribution in [0.2, 0.25) is 0 Å². The number of imide groups is 1. The van der Waals surface area contributed by atoms with Crippen LogP contribution in [0.3, 0.4) is 0 Å². The molecule has 1 fully saturated rings. The number of benzene rings is 2. The van der Waals surface area contributed by atoms with Gasteiger partial charge >= 0.3 is 0 Å². The molecular weight excluding hydrogens is 366 g/mol. The topological polar surface area (TPSA) is 70.1 Å². The first kappa shape index (κ1) is 19.1. The van der Waals surface area contributed by atoms with E-state index in [4.69, 9.17) is 0 Å². The monoisotopic (exact) mass is 389 g/mol. The lowest BCUT2D eigenvalue weighted by molar-refractivity contribution is -0.132. The highest BCUT2D eigenvalue weighted by molar-refractivity contribution is 6.27. The Morgan fingerprint density at radius 1 is 1.00 bits per heavy atom. The Labute approximate surface area is 169 Å². The van der Waals surface area contributed by atoms with Crippen LogP contribution in [0.25, 0.3) is 0 Å². The van der Waals surface area contributed by atoms with E-state index in [2.05, 4.69) is 5.10 Å². The molecule has 6 heteroatoms. The summed E-state index contributed by atoms with van der Waals surface area (Å²) in [7, 11) is 0. The minimum atomic E-state index is -1.11. The number of amides is 3. The van der Waals surface area contributed by atoms with Crippen LogP contribution in [0.4, 0.5) is 11.4 Å². The normalized spacial score (nSPS) is 24.4. The predicted molar refractivity (Wildman–Crippen MR) is 112 cm³/mol.